The molecule has 0 fully saturated rings. The summed E-state index contributed by atoms with van der Waals surface area (Å²) in [5.74, 6) is 1.55. The lowest BCUT2D eigenvalue weighted by atomic mass is 9.97. The molecule has 3 heterocycles. The number of rotatable bonds is 10. The second kappa shape index (κ2) is 20.4. The summed E-state index contributed by atoms with van der Waals surface area (Å²) in [6.07, 6.45) is 0. The maximum absolute atomic E-state index is 10.5. The number of nitriles is 1. The molecule has 388 valence electrons. The fraction of sp³-hybridized carbons (Fsp3) is 0.0130. The largest absolute Gasteiger partial charge is 0.308 e. The van der Waals surface area contributed by atoms with Gasteiger partial charge in [0.05, 0.1) is 45.1 Å². The lowest BCUT2D eigenvalue weighted by Crippen LogP contribution is -2.06. The van der Waals surface area contributed by atoms with Crippen LogP contribution in [-0.2, 0) is 0 Å². The topological polar surface area (TPSA) is 72.3 Å². The van der Waals surface area contributed by atoms with E-state index in [2.05, 4.69) is 265 Å². The third-order valence-corrected chi connectivity index (χ3v) is 16.1. The second-order valence-electron chi connectivity index (χ2n) is 21.1. The van der Waals surface area contributed by atoms with Gasteiger partial charge in [0.25, 0.3) is 0 Å². The molecular weight excluding hydrogens is 1010 g/mol. The van der Waals surface area contributed by atoms with E-state index in [0.717, 1.165) is 133 Å². The number of aromatic nitrogens is 5. The Kier molecular flexibility index (Phi) is 12.0. The molecule has 6 nitrogen and oxygen atoms in total. The zero-order chi connectivity index (χ0) is 55.4. The molecule has 83 heavy (non-hydrogen) atoms. The van der Waals surface area contributed by atoms with Crippen molar-refractivity contribution in [2.75, 3.05) is 0 Å². The summed E-state index contributed by atoms with van der Waals surface area (Å²) in [4.78, 5) is 16.6. The molecular formula is C77H50N6. The molecule has 15 aromatic rings. The molecule has 0 bridgehead atoms. The fourth-order valence-corrected chi connectivity index (χ4v) is 12.1. The molecule has 0 aliphatic heterocycles. The zero-order valence-electron chi connectivity index (χ0n) is 45.3. The van der Waals surface area contributed by atoms with Gasteiger partial charge in [-0.3, -0.25) is 0 Å². The van der Waals surface area contributed by atoms with E-state index in [4.69, 9.17) is 15.0 Å². The normalized spacial score (nSPS) is 11.4. The highest BCUT2D eigenvalue weighted by molar-refractivity contribution is 6.13. The van der Waals surface area contributed by atoms with Crippen molar-refractivity contribution in [2.45, 2.75) is 6.92 Å². The van der Waals surface area contributed by atoms with Crippen molar-refractivity contribution in [1.29, 1.82) is 5.26 Å². The van der Waals surface area contributed by atoms with Gasteiger partial charge >= 0.3 is 0 Å². The van der Waals surface area contributed by atoms with Gasteiger partial charge in [-0.1, -0.05) is 206 Å². The molecule has 0 saturated carbocycles. The van der Waals surface area contributed by atoms with Crippen LogP contribution in [0, 0.1) is 18.3 Å². The quantitative estimate of drug-likeness (QED) is 0.137. The summed E-state index contributed by atoms with van der Waals surface area (Å²) in [5, 5.41) is 15.1. The lowest BCUT2D eigenvalue weighted by molar-refractivity contribution is 1.06. The van der Waals surface area contributed by atoms with E-state index in [1.165, 1.54) is 0 Å². The van der Waals surface area contributed by atoms with Gasteiger partial charge in [0, 0.05) is 38.2 Å². The van der Waals surface area contributed by atoms with Crippen LogP contribution in [0.3, 0.4) is 0 Å². The monoisotopic (exact) mass is 1060 g/mol. The summed E-state index contributed by atoms with van der Waals surface area (Å²) < 4.78 is 4.75. The van der Waals surface area contributed by atoms with Crippen molar-refractivity contribution in [1.82, 2.24) is 24.1 Å². The highest BCUT2D eigenvalue weighted by Gasteiger charge is 2.25. The predicted molar refractivity (Wildman–Crippen MR) is 341 cm³/mol. The van der Waals surface area contributed by atoms with Crippen molar-refractivity contribution < 1.29 is 0 Å². The lowest BCUT2D eigenvalue weighted by Gasteiger charge is -2.18. The number of hydrogen-bond acceptors (Lipinski definition) is 4. The van der Waals surface area contributed by atoms with E-state index in [0.29, 0.717) is 23.0 Å². The molecule has 0 N–H and O–H groups in total. The van der Waals surface area contributed by atoms with Gasteiger partial charge < -0.3 is 9.13 Å². The van der Waals surface area contributed by atoms with Crippen LogP contribution in [0.25, 0.3) is 145 Å². The van der Waals surface area contributed by atoms with Gasteiger partial charge in [-0.05, 0) is 147 Å². The van der Waals surface area contributed by atoms with Crippen LogP contribution >= 0.6 is 0 Å². The standard InChI is InChI=1S/C77H50N6/c1-50-31-37-63(74(43-50)83-71-40-34-58(53-23-11-4-12-24-53)46-66(71)67-47-59(35-41-72(67)83)54-25-13-5-14-26-54)76-79-75(55-27-15-6-16-28-55)80-77(81-76)68-48-60(62-30-18-17-29-61(62)49-78)36-42-73(68)82-69-38-32-56(51-19-7-2-8-20-51)44-64(69)65-45-57(33-39-70(65)82)52-21-9-3-10-22-52/h2-48H,1H3. The first-order chi connectivity index (χ1) is 41.0. The Balaban J connectivity index is 1.00. The van der Waals surface area contributed by atoms with Gasteiger partial charge in [-0.2, -0.15) is 5.26 Å². The van der Waals surface area contributed by atoms with E-state index in [9.17, 15) is 5.26 Å². The molecule has 6 heteroatoms. The van der Waals surface area contributed by atoms with Gasteiger partial charge in [-0.25, -0.2) is 15.0 Å². The first kappa shape index (κ1) is 48.8. The van der Waals surface area contributed by atoms with Crippen LogP contribution < -0.4 is 0 Å². The Labute approximate surface area is 480 Å². The minimum atomic E-state index is 0.491. The van der Waals surface area contributed by atoms with Crippen molar-refractivity contribution in [3.05, 3.63) is 296 Å². The Morgan fingerprint density at radius 2 is 0.651 bits per heavy atom. The molecule has 0 radical (unpaired) electrons. The van der Waals surface area contributed by atoms with E-state index in [1.807, 2.05) is 42.5 Å². The minimum Gasteiger partial charge on any atom is -0.308 e. The Bertz CT molecular complexity index is 4830. The average Bonchev–Trinajstić information content (AvgIpc) is 3.29. The van der Waals surface area contributed by atoms with Crippen LogP contribution in [0.4, 0.5) is 0 Å². The van der Waals surface area contributed by atoms with Gasteiger partial charge in [-0.15, -0.1) is 0 Å². The number of fused-ring (bicyclic) bond motifs is 6. The van der Waals surface area contributed by atoms with Gasteiger partial charge in [0.1, 0.15) is 0 Å². The van der Waals surface area contributed by atoms with Crippen LogP contribution in [0.2, 0.25) is 0 Å². The van der Waals surface area contributed by atoms with Crippen LogP contribution in [-0.4, -0.2) is 24.1 Å². The van der Waals surface area contributed by atoms with Crippen LogP contribution in [0.15, 0.2) is 285 Å². The Hall–Kier alpha value is -11.3. The number of hydrogen-bond donors (Lipinski definition) is 0. The molecule has 0 saturated heterocycles. The highest BCUT2D eigenvalue weighted by Crippen LogP contribution is 2.44. The van der Waals surface area contributed by atoms with E-state index < -0.39 is 0 Å². The predicted octanol–water partition coefficient (Wildman–Crippen LogP) is 19.6. The number of nitrogens with zero attached hydrogens (tertiary/aromatic N) is 6. The van der Waals surface area contributed by atoms with Crippen molar-refractivity contribution in [3.8, 4) is 107 Å². The molecule has 12 aromatic carbocycles. The van der Waals surface area contributed by atoms with E-state index >= 15 is 0 Å². The zero-order valence-corrected chi connectivity index (χ0v) is 45.3. The summed E-state index contributed by atoms with van der Waals surface area (Å²) in [7, 11) is 0. The molecule has 0 atom stereocenters. The SMILES string of the molecule is Cc1ccc(-c2nc(-c3ccccc3)nc(-c3cc(-c4ccccc4C#N)ccc3-n3c4ccc(-c5ccccc5)cc4c4cc(-c5ccccc5)ccc43)n2)c(-n2c3ccc(-c4ccccc4)cc3c3cc(-c4ccccc4)ccc32)c1. The second-order valence-corrected chi connectivity index (χ2v) is 21.1. The maximum atomic E-state index is 10.5. The number of benzene rings is 12. The van der Waals surface area contributed by atoms with Crippen LogP contribution in [0.1, 0.15) is 11.1 Å². The molecule has 3 aromatic heterocycles. The maximum Gasteiger partial charge on any atom is 0.166 e. The summed E-state index contributed by atoms with van der Waals surface area (Å²) in [6, 6.07) is 103. The van der Waals surface area contributed by atoms with E-state index in [1.54, 1.807) is 0 Å². The smallest absolute Gasteiger partial charge is 0.166 e. The molecule has 0 aliphatic rings. The molecule has 0 amide bonds. The summed E-state index contributed by atoms with van der Waals surface area (Å²) in [5.41, 5.74) is 21.0. The van der Waals surface area contributed by atoms with Crippen molar-refractivity contribution >= 4 is 43.6 Å². The van der Waals surface area contributed by atoms with E-state index in [-0.39, 0.29) is 0 Å². The third-order valence-electron chi connectivity index (χ3n) is 16.1. The van der Waals surface area contributed by atoms with Crippen molar-refractivity contribution in [2.24, 2.45) is 0 Å². The van der Waals surface area contributed by atoms with Crippen LogP contribution in [0.5, 0.6) is 0 Å². The first-order valence-corrected chi connectivity index (χ1v) is 28.0. The van der Waals surface area contributed by atoms with Crippen molar-refractivity contribution in [3.63, 3.8) is 0 Å². The summed E-state index contributed by atoms with van der Waals surface area (Å²) in [6.45, 7) is 2.14. The average molecular weight is 1060 g/mol. The molecule has 0 spiro atoms. The number of aryl methyl sites for hydroxylation is 1. The minimum absolute atomic E-state index is 0.491. The van der Waals surface area contributed by atoms with Gasteiger partial charge in [0.2, 0.25) is 0 Å². The highest BCUT2D eigenvalue weighted by atomic mass is 15.1. The summed E-state index contributed by atoms with van der Waals surface area (Å²) >= 11 is 0. The van der Waals surface area contributed by atoms with Gasteiger partial charge in [0.15, 0.2) is 17.5 Å². The molecule has 0 aliphatic carbocycles. The third kappa shape index (κ3) is 8.72. The first-order valence-electron chi connectivity index (χ1n) is 28.0. The Morgan fingerprint density at radius 1 is 0.277 bits per heavy atom. The fourth-order valence-electron chi connectivity index (χ4n) is 12.1. The Morgan fingerprint density at radius 3 is 1.10 bits per heavy atom. The molecule has 15 rings (SSSR count). The molecule has 0 unspecified atom stereocenters.